The Bertz CT molecular complexity index is 443. The molecule has 0 spiro atoms. The molecule has 1 unspecified atom stereocenters. The molecule has 120 valence electrons. The van der Waals surface area contributed by atoms with Gasteiger partial charge in [-0.05, 0) is 37.6 Å². The van der Waals surface area contributed by atoms with Gasteiger partial charge in [-0.3, -0.25) is 0 Å². The second-order valence-electron chi connectivity index (χ2n) is 7.20. The number of rotatable bonds is 6. The van der Waals surface area contributed by atoms with E-state index in [0.29, 0.717) is 11.5 Å². The van der Waals surface area contributed by atoms with Gasteiger partial charge in [0, 0.05) is 39.0 Å². The molecule has 0 radical (unpaired) electrons. The predicted molar refractivity (Wildman–Crippen MR) is 86.4 cm³/mol. The van der Waals surface area contributed by atoms with Crippen molar-refractivity contribution in [2.45, 2.75) is 64.5 Å². The summed E-state index contributed by atoms with van der Waals surface area (Å²) >= 11 is 0. The second kappa shape index (κ2) is 6.49. The van der Waals surface area contributed by atoms with Crippen LogP contribution in [0.2, 0.25) is 0 Å². The van der Waals surface area contributed by atoms with Gasteiger partial charge in [0.1, 0.15) is 5.82 Å². The van der Waals surface area contributed by atoms with E-state index in [-0.39, 0.29) is 5.60 Å². The van der Waals surface area contributed by atoms with E-state index in [9.17, 15) is 0 Å². The Labute approximate surface area is 129 Å². The van der Waals surface area contributed by atoms with Gasteiger partial charge >= 0.3 is 0 Å². The fraction of sp³-hybridized carbons (Fsp3) is 0.824. The predicted octanol–water partition coefficient (Wildman–Crippen LogP) is 2.93. The standard InChI is InChI=1S/C17H31N3O/c1-6-18-14(13-15-19-11-12-20(15)4)17(21-5)9-7-16(2,3)8-10-17/h11-12,14,18H,6-10,13H2,1-5H3. The maximum atomic E-state index is 6.08. The molecule has 0 aliphatic heterocycles. The van der Waals surface area contributed by atoms with Crippen LogP contribution in [0.1, 0.15) is 52.3 Å². The summed E-state index contributed by atoms with van der Waals surface area (Å²) in [5.41, 5.74) is 0.388. The van der Waals surface area contributed by atoms with Gasteiger partial charge in [-0.15, -0.1) is 0 Å². The number of nitrogens with zero attached hydrogens (tertiary/aromatic N) is 2. The van der Waals surface area contributed by atoms with E-state index >= 15 is 0 Å². The van der Waals surface area contributed by atoms with E-state index in [0.717, 1.165) is 31.6 Å². The number of ether oxygens (including phenoxy) is 1. The zero-order valence-corrected chi connectivity index (χ0v) is 14.3. The zero-order valence-electron chi connectivity index (χ0n) is 14.3. The highest BCUT2D eigenvalue weighted by Crippen LogP contribution is 2.43. The Balaban J connectivity index is 2.17. The lowest BCUT2D eigenvalue weighted by atomic mass is 9.68. The quantitative estimate of drug-likeness (QED) is 0.876. The summed E-state index contributed by atoms with van der Waals surface area (Å²) < 4.78 is 8.19. The smallest absolute Gasteiger partial charge is 0.110 e. The van der Waals surface area contributed by atoms with Gasteiger partial charge in [0.05, 0.1) is 5.60 Å². The number of aromatic nitrogens is 2. The molecule has 0 aromatic carbocycles. The average molecular weight is 293 g/mol. The van der Waals surface area contributed by atoms with Crippen LogP contribution in [0.3, 0.4) is 0 Å². The maximum Gasteiger partial charge on any atom is 0.110 e. The Morgan fingerprint density at radius 3 is 2.48 bits per heavy atom. The molecule has 0 saturated heterocycles. The SMILES string of the molecule is CCNC(Cc1nccn1C)C1(OC)CCC(C)(C)CC1. The molecular weight excluding hydrogens is 262 g/mol. The first-order valence-corrected chi connectivity index (χ1v) is 8.17. The van der Waals surface area contributed by atoms with E-state index in [4.69, 9.17) is 4.74 Å². The lowest BCUT2D eigenvalue weighted by Gasteiger charge is -2.47. The highest BCUT2D eigenvalue weighted by atomic mass is 16.5. The van der Waals surface area contributed by atoms with Gasteiger partial charge in [0.2, 0.25) is 0 Å². The minimum absolute atomic E-state index is 0.0581. The molecule has 1 aromatic heterocycles. The van der Waals surface area contributed by atoms with Crippen LogP contribution >= 0.6 is 0 Å². The average Bonchev–Trinajstić information content (AvgIpc) is 2.85. The normalized spacial score (nSPS) is 22.1. The van der Waals surface area contributed by atoms with Crippen LogP contribution in [0.25, 0.3) is 0 Å². The first-order valence-electron chi connectivity index (χ1n) is 8.17. The van der Waals surface area contributed by atoms with Crippen molar-refractivity contribution >= 4 is 0 Å². The van der Waals surface area contributed by atoms with Crippen molar-refractivity contribution in [1.29, 1.82) is 0 Å². The lowest BCUT2D eigenvalue weighted by Crippen LogP contribution is -2.56. The molecule has 1 heterocycles. The summed E-state index contributed by atoms with van der Waals surface area (Å²) in [7, 11) is 3.94. The lowest BCUT2D eigenvalue weighted by molar-refractivity contribution is -0.0862. The Morgan fingerprint density at radius 2 is 2.00 bits per heavy atom. The van der Waals surface area contributed by atoms with Crippen molar-refractivity contribution in [2.75, 3.05) is 13.7 Å². The fourth-order valence-corrected chi connectivity index (χ4v) is 3.51. The molecule has 21 heavy (non-hydrogen) atoms. The van der Waals surface area contributed by atoms with Crippen LogP contribution in [-0.4, -0.2) is 34.8 Å². The fourth-order valence-electron chi connectivity index (χ4n) is 3.51. The van der Waals surface area contributed by atoms with Gasteiger partial charge in [-0.2, -0.15) is 0 Å². The first kappa shape index (κ1) is 16.5. The number of nitrogens with one attached hydrogen (secondary N) is 1. The number of hydrogen-bond donors (Lipinski definition) is 1. The first-order chi connectivity index (χ1) is 9.92. The summed E-state index contributed by atoms with van der Waals surface area (Å²) in [6.07, 6.45) is 9.51. The van der Waals surface area contributed by atoms with Gasteiger partial charge in [-0.25, -0.2) is 4.98 Å². The summed E-state index contributed by atoms with van der Waals surface area (Å²) in [6, 6.07) is 0.324. The molecular formula is C17H31N3O. The van der Waals surface area contributed by atoms with E-state index in [1.165, 1.54) is 12.8 Å². The molecule has 4 nitrogen and oxygen atoms in total. The monoisotopic (exact) mass is 293 g/mol. The van der Waals surface area contributed by atoms with Crippen molar-refractivity contribution in [3.8, 4) is 0 Å². The molecule has 1 aliphatic rings. The number of imidazole rings is 1. The molecule has 1 fully saturated rings. The molecule has 0 amide bonds. The number of methoxy groups -OCH3 is 1. The number of likely N-dealkylation sites (N-methyl/N-ethyl adjacent to an activating group) is 1. The van der Waals surface area contributed by atoms with Crippen LogP contribution in [-0.2, 0) is 18.2 Å². The van der Waals surface area contributed by atoms with Crippen LogP contribution in [0, 0.1) is 5.41 Å². The van der Waals surface area contributed by atoms with Crippen molar-refractivity contribution in [1.82, 2.24) is 14.9 Å². The van der Waals surface area contributed by atoms with Gasteiger partial charge < -0.3 is 14.6 Å². The van der Waals surface area contributed by atoms with E-state index in [1.54, 1.807) is 0 Å². The summed E-state index contributed by atoms with van der Waals surface area (Å²) in [6.45, 7) is 7.87. The second-order valence-corrected chi connectivity index (χ2v) is 7.20. The van der Waals surface area contributed by atoms with Crippen molar-refractivity contribution in [3.63, 3.8) is 0 Å². The molecule has 1 atom stereocenters. The van der Waals surface area contributed by atoms with Crippen LogP contribution in [0.15, 0.2) is 12.4 Å². The summed E-state index contributed by atoms with van der Waals surface area (Å²) in [5.74, 6) is 1.13. The Morgan fingerprint density at radius 1 is 1.33 bits per heavy atom. The van der Waals surface area contributed by atoms with Crippen molar-refractivity contribution < 1.29 is 4.74 Å². The van der Waals surface area contributed by atoms with Gasteiger partial charge in [0.25, 0.3) is 0 Å². The minimum Gasteiger partial charge on any atom is -0.377 e. The molecule has 1 N–H and O–H groups in total. The number of hydrogen-bond acceptors (Lipinski definition) is 3. The van der Waals surface area contributed by atoms with E-state index in [2.05, 4.69) is 42.7 Å². The topological polar surface area (TPSA) is 39.1 Å². The molecule has 2 rings (SSSR count). The van der Waals surface area contributed by atoms with E-state index in [1.807, 2.05) is 19.5 Å². The van der Waals surface area contributed by atoms with Crippen LogP contribution in [0.4, 0.5) is 0 Å². The Kier molecular flexibility index (Phi) is 5.10. The minimum atomic E-state index is -0.0581. The highest BCUT2D eigenvalue weighted by Gasteiger charge is 2.44. The third kappa shape index (κ3) is 3.67. The van der Waals surface area contributed by atoms with Gasteiger partial charge in [0.15, 0.2) is 0 Å². The zero-order chi connectivity index (χ0) is 15.5. The largest absolute Gasteiger partial charge is 0.377 e. The third-order valence-corrected chi connectivity index (χ3v) is 5.25. The van der Waals surface area contributed by atoms with Crippen LogP contribution in [0.5, 0.6) is 0 Å². The maximum absolute atomic E-state index is 6.08. The molecule has 1 saturated carbocycles. The highest BCUT2D eigenvalue weighted by molar-refractivity contribution is 5.04. The third-order valence-electron chi connectivity index (χ3n) is 5.25. The Hall–Kier alpha value is -0.870. The van der Waals surface area contributed by atoms with Crippen molar-refractivity contribution in [3.05, 3.63) is 18.2 Å². The summed E-state index contributed by atoms with van der Waals surface area (Å²) in [5, 5.41) is 3.66. The summed E-state index contributed by atoms with van der Waals surface area (Å²) in [4.78, 5) is 4.49. The van der Waals surface area contributed by atoms with Crippen molar-refractivity contribution in [2.24, 2.45) is 12.5 Å². The van der Waals surface area contributed by atoms with Gasteiger partial charge in [-0.1, -0.05) is 20.8 Å². The molecule has 1 aromatic rings. The molecule has 0 bridgehead atoms. The molecule has 4 heteroatoms. The van der Waals surface area contributed by atoms with E-state index < -0.39 is 0 Å². The van der Waals surface area contributed by atoms with Crippen LogP contribution < -0.4 is 5.32 Å². The molecule has 1 aliphatic carbocycles. The number of aryl methyl sites for hydroxylation is 1.